The maximum Gasteiger partial charge on any atom is 0.227 e. The molecule has 1 aromatic carbocycles. The molecular weight excluding hydrogens is 180 g/mol. The quantitative estimate of drug-likeness (QED) is 0.432. The van der Waals surface area contributed by atoms with Gasteiger partial charge in [-0.1, -0.05) is 12.1 Å². The Kier molecular flexibility index (Phi) is 4.20. The number of ether oxygens (including phenoxy) is 1. The first-order valence-corrected chi connectivity index (χ1v) is 4.32. The van der Waals surface area contributed by atoms with E-state index in [-0.39, 0.29) is 0 Å². The molecule has 0 aromatic heterocycles. The van der Waals surface area contributed by atoms with Crippen molar-refractivity contribution in [3.05, 3.63) is 29.8 Å². The van der Waals surface area contributed by atoms with Crippen molar-refractivity contribution >= 4 is 12.6 Å². The van der Waals surface area contributed by atoms with Crippen LogP contribution < -0.4 is 10.2 Å². The monoisotopic (exact) mass is 192 g/mol. The number of amides is 1. The Labute approximate surface area is 82.6 Å². The van der Waals surface area contributed by atoms with Gasteiger partial charge in [-0.15, -0.1) is 0 Å². The van der Waals surface area contributed by atoms with Gasteiger partial charge in [-0.25, -0.2) is 5.43 Å². The van der Waals surface area contributed by atoms with Gasteiger partial charge < -0.3 is 4.74 Å². The highest BCUT2D eigenvalue weighted by molar-refractivity contribution is 5.83. The highest BCUT2D eigenvalue weighted by atomic mass is 16.5. The van der Waals surface area contributed by atoms with Crippen LogP contribution in [0.5, 0.6) is 5.75 Å². The van der Waals surface area contributed by atoms with Crippen molar-refractivity contribution in [3.63, 3.8) is 0 Å². The number of nitrogens with zero attached hydrogens (tertiary/aromatic N) is 1. The number of hydrogen-bond donors (Lipinski definition) is 1. The van der Waals surface area contributed by atoms with Gasteiger partial charge in [-0.05, 0) is 19.1 Å². The fourth-order valence-electron chi connectivity index (χ4n) is 1.01. The van der Waals surface area contributed by atoms with Crippen molar-refractivity contribution < 1.29 is 9.53 Å². The molecule has 0 aliphatic rings. The summed E-state index contributed by atoms with van der Waals surface area (Å²) in [7, 11) is 0. The lowest BCUT2D eigenvalue weighted by Gasteiger charge is -2.05. The number of carbonyl (C=O) groups is 1. The normalized spacial score (nSPS) is 10.1. The molecule has 0 aliphatic carbocycles. The first-order chi connectivity index (χ1) is 6.88. The van der Waals surface area contributed by atoms with E-state index < -0.39 is 0 Å². The second kappa shape index (κ2) is 5.75. The molecule has 74 valence electrons. The van der Waals surface area contributed by atoms with Crippen molar-refractivity contribution in [2.75, 3.05) is 6.61 Å². The van der Waals surface area contributed by atoms with E-state index in [0.29, 0.717) is 13.0 Å². The van der Waals surface area contributed by atoms with Crippen molar-refractivity contribution in [2.24, 2.45) is 5.10 Å². The molecule has 0 unspecified atom stereocenters. The molecule has 1 aromatic rings. The summed E-state index contributed by atoms with van der Waals surface area (Å²) in [6.07, 6.45) is 2.05. The predicted molar refractivity (Wildman–Crippen MR) is 54.4 cm³/mol. The number of hydrogen-bond acceptors (Lipinski definition) is 3. The van der Waals surface area contributed by atoms with Gasteiger partial charge >= 0.3 is 0 Å². The first kappa shape index (κ1) is 10.2. The Bertz CT molecular complexity index is 324. The summed E-state index contributed by atoms with van der Waals surface area (Å²) in [6, 6.07) is 7.48. The minimum absolute atomic E-state index is 0.514. The lowest BCUT2D eigenvalue weighted by Crippen LogP contribution is -2.02. The molecule has 1 amide bonds. The topological polar surface area (TPSA) is 50.7 Å². The molecule has 0 spiro atoms. The molecule has 0 aliphatic heterocycles. The van der Waals surface area contributed by atoms with Crippen LogP contribution in [0, 0.1) is 0 Å². The van der Waals surface area contributed by atoms with Crippen LogP contribution in [0.2, 0.25) is 0 Å². The molecule has 0 atom stereocenters. The van der Waals surface area contributed by atoms with E-state index in [0.717, 1.165) is 11.3 Å². The van der Waals surface area contributed by atoms with Gasteiger partial charge in [0, 0.05) is 5.56 Å². The molecular formula is C10H12N2O2. The molecule has 0 fully saturated rings. The highest BCUT2D eigenvalue weighted by Gasteiger charge is 1.97. The number of carbonyl (C=O) groups excluding carboxylic acids is 1. The van der Waals surface area contributed by atoms with Crippen LogP contribution in [0.15, 0.2) is 29.4 Å². The summed E-state index contributed by atoms with van der Waals surface area (Å²) in [5, 5.41) is 3.68. The van der Waals surface area contributed by atoms with Crippen LogP contribution in [0.25, 0.3) is 0 Å². The maximum atomic E-state index is 9.95. The van der Waals surface area contributed by atoms with E-state index in [9.17, 15) is 4.79 Å². The van der Waals surface area contributed by atoms with E-state index in [2.05, 4.69) is 10.5 Å². The summed E-state index contributed by atoms with van der Waals surface area (Å²) in [5.41, 5.74) is 3.04. The fraction of sp³-hybridized carbons (Fsp3) is 0.200. The number of benzene rings is 1. The minimum Gasteiger partial charge on any atom is -0.493 e. The second-order valence-corrected chi connectivity index (χ2v) is 2.48. The molecule has 0 saturated carbocycles. The second-order valence-electron chi connectivity index (χ2n) is 2.48. The molecule has 0 radical (unpaired) electrons. The first-order valence-electron chi connectivity index (χ1n) is 4.32. The molecule has 4 heteroatoms. The van der Waals surface area contributed by atoms with Crippen LogP contribution in [0.4, 0.5) is 0 Å². The average Bonchev–Trinajstić information content (AvgIpc) is 2.21. The zero-order chi connectivity index (χ0) is 10.2. The zero-order valence-corrected chi connectivity index (χ0v) is 7.93. The Hall–Kier alpha value is -1.84. The predicted octanol–water partition coefficient (Wildman–Crippen LogP) is 1.17. The summed E-state index contributed by atoms with van der Waals surface area (Å²) >= 11 is 0. The SMILES string of the molecule is CCOc1ccccc1C=NNC=O. The molecule has 0 bridgehead atoms. The molecule has 1 rings (SSSR count). The van der Waals surface area contributed by atoms with Gasteiger partial charge in [-0.2, -0.15) is 5.10 Å². The van der Waals surface area contributed by atoms with Crippen molar-refractivity contribution in [1.29, 1.82) is 0 Å². The van der Waals surface area contributed by atoms with Gasteiger partial charge in [0.25, 0.3) is 0 Å². The third kappa shape index (κ3) is 2.90. The van der Waals surface area contributed by atoms with Crippen LogP contribution in [0.1, 0.15) is 12.5 Å². The molecule has 0 saturated heterocycles. The molecule has 1 N–H and O–H groups in total. The van der Waals surface area contributed by atoms with Crippen molar-refractivity contribution in [2.45, 2.75) is 6.92 Å². The zero-order valence-electron chi connectivity index (χ0n) is 7.93. The number of para-hydroxylation sites is 1. The van der Waals surface area contributed by atoms with E-state index in [4.69, 9.17) is 4.74 Å². The summed E-state index contributed by atoms with van der Waals surface area (Å²) < 4.78 is 5.36. The largest absolute Gasteiger partial charge is 0.493 e. The van der Waals surface area contributed by atoms with Gasteiger partial charge in [-0.3, -0.25) is 4.79 Å². The molecule has 14 heavy (non-hydrogen) atoms. The van der Waals surface area contributed by atoms with E-state index >= 15 is 0 Å². The van der Waals surface area contributed by atoms with Crippen LogP contribution in [-0.2, 0) is 4.79 Å². The summed E-state index contributed by atoms with van der Waals surface area (Å²) in [4.78, 5) is 9.95. The summed E-state index contributed by atoms with van der Waals surface area (Å²) in [5.74, 6) is 0.756. The van der Waals surface area contributed by atoms with Crippen LogP contribution in [-0.4, -0.2) is 19.2 Å². The Morgan fingerprint density at radius 2 is 2.29 bits per heavy atom. The average molecular weight is 192 g/mol. The lowest BCUT2D eigenvalue weighted by molar-refractivity contribution is -0.109. The van der Waals surface area contributed by atoms with E-state index in [1.54, 1.807) is 6.21 Å². The number of hydrazone groups is 1. The van der Waals surface area contributed by atoms with Gasteiger partial charge in [0.05, 0.1) is 12.8 Å². The Morgan fingerprint density at radius 1 is 1.50 bits per heavy atom. The smallest absolute Gasteiger partial charge is 0.227 e. The maximum absolute atomic E-state index is 9.95. The number of nitrogens with one attached hydrogen (secondary N) is 1. The van der Waals surface area contributed by atoms with E-state index in [1.165, 1.54) is 0 Å². The third-order valence-corrected chi connectivity index (χ3v) is 1.55. The lowest BCUT2D eigenvalue weighted by atomic mass is 10.2. The standard InChI is InChI=1S/C10H12N2O2/c1-2-14-10-6-4-3-5-9(10)7-11-12-8-13/h3-8H,2H2,1H3,(H,12,13). The van der Waals surface area contributed by atoms with Gasteiger partial charge in [0.15, 0.2) is 0 Å². The minimum atomic E-state index is 0.514. The Morgan fingerprint density at radius 3 is 3.00 bits per heavy atom. The number of rotatable bonds is 5. The van der Waals surface area contributed by atoms with Gasteiger partial charge in [0.1, 0.15) is 5.75 Å². The highest BCUT2D eigenvalue weighted by Crippen LogP contribution is 2.15. The third-order valence-electron chi connectivity index (χ3n) is 1.55. The van der Waals surface area contributed by atoms with Crippen molar-refractivity contribution in [3.8, 4) is 5.75 Å². The van der Waals surface area contributed by atoms with Crippen LogP contribution in [0.3, 0.4) is 0 Å². The fourth-order valence-corrected chi connectivity index (χ4v) is 1.01. The van der Waals surface area contributed by atoms with Crippen LogP contribution >= 0.6 is 0 Å². The van der Waals surface area contributed by atoms with E-state index in [1.807, 2.05) is 31.2 Å². The molecule has 4 nitrogen and oxygen atoms in total. The Balaban J connectivity index is 2.78. The van der Waals surface area contributed by atoms with Gasteiger partial charge in [0.2, 0.25) is 6.41 Å². The molecule has 0 heterocycles. The summed E-state index contributed by atoms with van der Waals surface area (Å²) in [6.45, 7) is 2.52. The van der Waals surface area contributed by atoms with Crippen molar-refractivity contribution in [1.82, 2.24) is 5.43 Å².